The molecule has 0 aliphatic rings. The molecule has 5 rings (SSSR count). The Morgan fingerprint density at radius 3 is 1.84 bits per heavy atom. The predicted octanol–water partition coefficient (Wildman–Crippen LogP) is 6.47. The molecule has 0 unspecified atom stereocenters. The van der Waals surface area contributed by atoms with Crippen molar-refractivity contribution in [3.63, 3.8) is 0 Å². The number of nitrogens with zero attached hydrogens (tertiary/aromatic N) is 3. The first kappa shape index (κ1) is 26.7. The second-order valence-electron chi connectivity index (χ2n) is 8.37. The lowest BCUT2D eigenvalue weighted by Gasteiger charge is -2.37. The minimum atomic E-state index is -0.656. The molecule has 1 N–H and O–H groups in total. The normalized spacial score (nSPS) is 10.8. The Bertz CT molecular complexity index is 1370. The Morgan fingerprint density at radius 1 is 0.895 bits per heavy atom. The highest BCUT2D eigenvalue weighted by atomic mass is 79.9. The van der Waals surface area contributed by atoms with Crippen molar-refractivity contribution >= 4 is 27.5 Å². The lowest BCUT2D eigenvalue weighted by molar-refractivity contribution is 0.0984. The smallest absolute Gasteiger partial charge is 0.205 e. The predicted molar refractivity (Wildman–Crippen MR) is 153 cm³/mol. The zero-order valence-electron chi connectivity index (χ0n) is 20.7. The molecule has 0 radical (unpaired) electrons. The van der Waals surface area contributed by atoms with Gasteiger partial charge in [0.2, 0.25) is 5.78 Å². The van der Waals surface area contributed by atoms with Crippen molar-refractivity contribution in [2.75, 3.05) is 5.33 Å². The number of carbonyl (C=O) groups excluding carboxylic acids is 2. The van der Waals surface area contributed by atoms with E-state index >= 15 is 0 Å². The van der Waals surface area contributed by atoms with E-state index in [9.17, 15) is 9.59 Å². The first-order valence-corrected chi connectivity index (χ1v) is 13.2. The molecule has 2 aromatic heterocycles. The number of halogens is 1. The van der Waals surface area contributed by atoms with Crippen LogP contribution in [0.3, 0.4) is 0 Å². The molecule has 0 aliphatic heterocycles. The molecule has 3 aromatic carbocycles. The maximum absolute atomic E-state index is 12.2. The van der Waals surface area contributed by atoms with Crippen LogP contribution in [0.4, 0.5) is 0 Å². The van der Waals surface area contributed by atoms with Crippen molar-refractivity contribution in [3.8, 4) is 0 Å². The van der Waals surface area contributed by atoms with E-state index in [1.807, 2.05) is 59.2 Å². The van der Waals surface area contributed by atoms with E-state index in [1.165, 1.54) is 18.6 Å². The number of H-pyrrole nitrogens is 1. The van der Waals surface area contributed by atoms with Crippen molar-refractivity contribution in [1.29, 1.82) is 0 Å². The highest BCUT2D eigenvalue weighted by molar-refractivity contribution is 9.09. The Morgan fingerprint density at radius 2 is 1.42 bits per heavy atom. The van der Waals surface area contributed by atoms with Crippen LogP contribution >= 0.6 is 15.9 Å². The summed E-state index contributed by atoms with van der Waals surface area (Å²) in [4.78, 5) is 34.0. The molecular formula is C31H27BrN4O2. The molecule has 0 saturated heterocycles. The number of carbonyl (C=O) groups is 2. The summed E-state index contributed by atoms with van der Waals surface area (Å²) < 4.78 is 2.02. The summed E-state index contributed by atoms with van der Waals surface area (Å²) in [6, 6.07) is 30.8. The van der Waals surface area contributed by atoms with Gasteiger partial charge >= 0.3 is 0 Å². The van der Waals surface area contributed by atoms with Gasteiger partial charge in [0, 0.05) is 17.9 Å². The zero-order valence-corrected chi connectivity index (χ0v) is 22.3. The number of hydrogen-bond acceptors (Lipinski definition) is 4. The van der Waals surface area contributed by atoms with E-state index in [0.717, 1.165) is 16.7 Å². The van der Waals surface area contributed by atoms with E-state index in [2.05, 4.69) is 73.9 Å². The summed E-state index contributed by atoms with van der Waals surface area (Å²) in [6.45, 7) is 3.58. The second-order valence-corrected chi connectivity index (χ2v) is 9.16. The van der Waals surface area contributed by atoms with E-state index in [4.69, 9.17) is 0 Å². The van der Waals surface area contributed by atoms with Gasteiger partial charge in [-0.15, -0.1) is 0 Å². The Labute approximate surface area is 230 Å². The largest absolute Gasteiger partial charge is 0.342 e. The van der Waals surface area contributed by atoms with Crippen LogP contribution in [0.15, 0.2) is 129 Å². The van der Waals surface area contributed by atoms with Gasteiger partial charge in [-0.2, -0.15) is 0 Å². The molecule has 0 saturated carbocycles. The monoisotopic (exact) mass is 566 g/mol. The number of Topliss-reactive ketones (excluding diaryl/α,β-unsaturated/α-hetero) is 1. The minimum Gasteiger partial charge on any atom is -0.342 e. The molecular weight excluding hydrogens is 540 g/mol. The highest BCUT2D eigenvalue weighted by Crippen LogP contribution is 2.40. The molecule has 5 aromatic rings. The molecule has 0 amide bonds. The van der Waals surface area contributed by atoms with Crippen molar-refractivity contribution in [3.05, 3.63) is 157 Å². The van der Waals surface area contributed by atoms with Gasteiger partial charge in [0.25, 0.3) is 0 Å². The van der Waals surface area contributed by atoms with Gasteiger partial charge in [-0.25, -0.2) is 9.97 Å². The molecule has 2 heterocycles. The molecule has 0 bridgehead atoms. The fraction of sp³-hybridized carbons (Fsp3) is 0.0968. The lowest BCUT2D eigenvalue weighted by Crippen LogP contribution is -2.37. The van der Waals surface area contributed by atoms with Gasteiger partial charge in [-0.3, -0.25) is 9.59 Å². The van der Waals surface area contributed by atoms with Gasteiger partial charge in [-0.05, 0) is 22.8 Å². The first-order valence-electron chi connectivity index (χ1n) is 12.1. The van der Waals surface area contributed by atoms with Gasteiger partial charge in [0.05, 0.1) is 18.9 Å². The topological polar surface area (TPSA) is 80.6 Å². The maximum atomic E-state index is 12.2. The van der Waals surface area contributed by atoms with Crippen molar-refractivity contribution < 1.29 is 9.59 Å². The molecule has 7 heteroatoms. The number of allylic oxidation sites excluding steroid dienone is 1. The summed E-state index contributed by atoms with van der Waals surface area (Å²) in [5.41, 5.74) is 3.56. The molecule has 6 nitrogen and oxygen atoms in total. The van der Waals surface area contributed by atoms with Gasteiger partial charge < -0.3 is 9.55 Å². The number of hydrogen-bond donors (Lipinski definition) is 1. The first-order chi connectivity index (χ1) is 18.6. The van der Waals surface area contributed by atoms with Crippen LogP contribution in [0.25, 0.3) is 0 Å². The maximum Gasteiger partial charge on any atom is 0.205 e. The Kier molecular flexibility index (Phi) is 8.95. The molecule has 0 spiro atoms. The number of alkyl halides is 1. The van der Waals surface area contributed by atoms with Crippen molar-refractivity contribution in [2.45, 2.75) is 12.0 Å². The number of nitrogens with one attached hydrogen (secondary N) is 1. The molecule has 0 aliphatic carbocycles. The van der Waals surface area contributed by atoms with Crippen LogP contribution in [-0.4, -0.2) is 36.4 Å². The van der Waals surface area contributed by atoms with Gasteiger partial charge in [0.1, 0.15) is 16.9 Å². The average molecular weight is 567 g/mol. The van der Waals surface area contributed by atoms with E-state index in [1.54, 1.807) is 12.5 Å². The van der Waals surface area contributed by atoms with Crippen LogP contribution in [0.1, 0.15) is 44.1 Å². The average Bonchev–Trinajstić information content (AvgIpc) is 3.69. The number of aromatic amines is 1. The Hall–Kier alpha value is -4.36. The number of imidazole rings is 2. The minimum absolute atomic E-state index is 0.0920. The van der Waals surface area contributed by atoms with E-state index in [-0.39, 0.29) is 11.6 Å². The highest BCUT2D eigenvalue weighted by Gasteiger charge is 2.38. The summed E-state index contributed by atoms with van der Waals surface area (Å²) in [5, 5.41) is 0.699. The standard InChI is InChI=1S/C25H20N2O.C6H7BrN2O/c1-2-24(28)23-18-27(19-26-23)25(20-12-6-3-7-13-20,21-14-8-4-9-15-21)22-16-10-5-11-17-22;7-2-1-6(10)5-3-8-4-9-5/h2-19H,1H2;3-4H,1-2H2,(H,8,9). The third-order valence-corrected chi connectivity index (χ3v) is 6.50. The quantitative estimate of drug-likeness (QED) is 0.0959. The van der Waals surface area contributed by atoms with Crippen LogP contribution in [-0.2, 0) is 5.54 Å². The van der Waals surface area contributed by atoms with Crippen molar-refractivity contribution in [2.24, 2.45) is 0 Å². The zero-order chi connectivity index (χ0) is 26.8. The number of aromatic nitrogens is 4. The van der Waals surface area contributed by atoms with Gasteiger partial charge in [0.15, 0.2) is 5.78 Å². The van der Waals surface area contributed by atoms with Gasteiger partial charge in [-0.1, -0.05) is 114 Å². The Balaban J connectivity index is 0.000000283. The number of benzene rings is 3. The third kappa shape index (κ3) is 5.63. The van der Waals surface area contributed by atoms with Crippen LogP contribution in [0.5, 0.6) is 0 Å². The molecule has 190 valence electrons. The van der Waals surface area contributed by atoms with Crippen LogP contribution < -0.4 is 0 Å². The fourth-order valence-electron chi connectivity index (χ4n) is 4.35. The summed E-state index contributed by atoms with van der Waals surface area (Å²) in [7, 11) is 0. The molecule has 38 heavy (non-hydrogen) atoms. The summed E-state index contributed by atoms with van der Waals surface area (Å²) in [6.07, 6.45) is 8.37. The van der Waals surface area contributed by atoms with E-state index in [0.29, 0.717) is 23.1 Å². The number of ketones is 2. The molecule has 0 atom stereocenters. The van der Waals surface area contributed by atoms with Crippen molar-refractivity contribution in [1.82, 2.24) is 19.5 Å². The third-order valence-electron chi connectivity index (χ3n) is 6.10. The fourth-order valence-corrected chi connectivity index (χ4v) is 4.71. The van der Waals surface area contributed by atoms with E-state index < -0.39 is 5.54 Å². The summed E-state index contributed by atoms with van der Waals surface area (Å²) >= 11 is 3.18. The lowest BCUT2D eigenvalue weighted by atomic mass is 9.77. The SMILES string of the molecule is C=CC(=O)c1cn(C(c2ccccc2)(c2ccccc2)c2ccccc2)cn1.O=C(CCBr)c1cnc[nH]1. The van der Waals surface area contributed by atoms with Crippen LogP contribution in [0, 0.1) is 0 Å². The second kappa shape index (κ2) is 12.7. The van der Waals surface area contributed by atoms with Crippen LogP contribution in [0.2, 0.25) is 0 Å². The summed E-state index contributed by atoms with van der Waals surface area (Å²) in [5.74, 6) is -0.101. The number of rotatable bonds is 9. The molecule has 0 fully saturated rings.